The van der Waals surface area contributed by atoms with Crippen LogP contribution in [0.4, 0.5) is 4.79 Å². The monoisotopic (exact) mass is 299 g/mol. The van der Waals surface area contributed by atoms with Crippen molar-refractivity contribution in [2.75, 3.05) is 0 Å². The van der Waals surface area contributed by atoms with Crippen molar-refractivity contribution in [1.29, 1.82) is 0 Å². The molecule has 3 atom stereocenters. The molecule has 22 heavy (non-hydrogen) atoms. The molecular weight excluding hydrogens is 278 g/mol. The summed E-state index contributed by atoms with van der Waals surface area (Å²) in [6, 6.07) is 9.24. The second-order valence-corrected chi connectivity index (χ2v) is 6.89. The third-order valence-electron chi connectivity index (χ3n) is 4.07. The molecule has 0 unspecified atom stereocenters. The van der Waals surface area contributed by atoms with E-state index < -0.39 is 5.60 Å². The number of hydrogen-bond donors (Lipinski definition) is 0. The molecule has 0 radical (unpaired) electrons. The Hall–Kier alpha value is -2.10. The molecule has 0 spiro atoms. The first kappa shape index (κ1) is 14.8. The highest BCUT2D eigenvalue weighted by atomic mass is 16.6. The maximum atomic E-state index is 12.5. The fraction of sp³-hybridized carbons (Fsp3) is 0.444. The summed E-state index contributed by atoms with van der Waals surface area (Å²) >= 11 is 0. The van der Waals surface area contributed by atoms with Crippen molar-refractivity contribution in [3.8, 4) is 0 Å². The first-order chi connectivity index (χ1) is 10.4. The number of ketones is 1. The molecule has 116 valence electrons. The van der Waals surface area contributed by atoms with Crippen molar-refractivity contribution >= 4 is 11.9 Å². The van der Waals surface area contributed by atoms with Crippen LogP contribution in [-0.2, 0) is 9.53 Å². The predicted octanol–water partition coefficient (Wildman–Crippen LogP) is 3.29. The van der Waals surface area contributed by atoms with E-state index >= 15 is 0 Å². The van der Waals surface area contributed by atoms with Crippen LogP contribution in [0.3, 0.4) is 0 Å². The topological polar surface area (TPSA) is 46.6 Å². The smallest absolute Gasteiger partial charge is 0.411 e. The summed E-state index contributed by atoms with van der Waals surface area (Å²) < 4.78 is 5.51. The van der Waals surface area contributed by atoms with E-state index in [4.69, 9.17) is 4.74 Å². The standard InChI is InChI=1S/C18H21NO3/c1-18(2,3)22-17(21)19-13-9-10-14(19)16(15(20)11-13)12-7-5-4-6-8-12/h4-10,13-14,16H,11H2,1-3H3/t13-,14+,16-/m0/s1. The molecule has 0 aromatic heterocycles. The van der Waals surface area contributed by atoms with Crippen LogP contribution in [0, 0.1) is 0 Å². The quantitative estimate of drug-likeness (QED) is 0.748. The molecule has 1 aromatic rings. The molecule has 4 heteroatoms. The van der Waals surface area contributed by atoms with Crippen LogP contribution in [0.5, 0.6) is 0 Å². The van der Waals surface area contributed by atoms with Crippen molar-refractivity contribution in [2.24, 2.45) is 0 Å². The van der Waals surface area contributed by atoms with Gasteiger partial charge in [0.15, 0.2) is 0 Å². The van der Waals surface area contributed by atoms with Crippen molar-refractivity contribution < 1.29 is 14.3 Å². The second-order valence-electron chi connectivity index (χ2n) is 6.89. The van der Waals surface area contributed by atoms with E-state index in [1.807, 2.05) is 63.3 Å². The van der Waals surface area contributed by atoms with Crippen LogP contribution < -0.4 is 0 Å². The number of nitrogens with zero attached hydrogens (tertiary/aromatic N) is 1. The Morgan fingerprint density at radius 2 is 1.86 bits per heavy atom. The fourth-order valence-electron chi connectivity index (χ4n) is 3.23. The maximum Gasteiger partial charge on any atom is 0.411 e. The average molecular weight is 299 g/mol. The van der Waals surface area contributed by atoms with Gasteiger partial charge in [-0.05, 0) is 26.3 Å². The highest BCUT2D eigenvalue weighted by Crippen LogP contribution is 2.39. The summed E-state index contributed by atoms with van der Waals surface area (Å²) in [6.07, 6.45) is 3.93. The molecule has 2 heterocycles. The van der Waals surface area contributed by atoms with Crippen molar-refractivity contribution in [2.45, 2.75) is 50.8 Å². The first-order valence-electron chi connectivity index (χ1n) is 7.64. The zero-order chi connectivity index (χ0) is 15.9. The predicted molar refractivity (Wildman–Crippen MR) is 83.6 cm³/mol. The van der Waals surface area contributed by atoms with Gasteiger partial charge in [-0.25, -0.2) is 4.79 Å². The van der Waals surface area contributed by atoms with Crippen LogP contribution in [0.2, 0.25) is 0 Å². The number of piperidine rings is 1. The minimum Gasteiger partial charge on any atom is -0.444 e. The van der Waals surface area contributed by atoms with Crippen LogP contribution in [0.1, 0.15) is 38.7 Å². The van der Waals surface area contributed by atoms with Crippen LogP contribution >= 0.6 is 0 Å². The molecule has 1 fully saturated rings. The average Bonchev–Trinajstić information content (AvgIpc) is 2.74. The second kappa shape index (κ2) is 5.27. The zero-order valence-electron chi connectivity index (χ0n) is 13.2. The van der Waals surface area contributed by atoms with Gasteiger partial charge in [-0.2, -0.15) is 0 Å². The Kier molecular flexibility index (Phi) is 3.55. The number of benzene rings is 1. The SMILES string of the molecule is CC(C)(C)OC(=O)N1[C@@H]2C=C[C@H]1CC(=O)[C@H]2c1ccccc1. The van der Waals surface area contributed by atoms with Gasteiger partial charge >= 0.3 is 6.09 Å². The molecule has 2 bridgehead atoms. The molecule has 2 aliphatic heterocycles. The molecule has 3 rings (SSSR count). The summed E-state index contributed by atoms with van der Waals surface area (Å²) in [5.41, 5.74) is 0.413. The Bertz CT molecular complexity index is 615. The van der Waals surface area contributed by atoms with E-state index in [2.05, 4.69) is 0 Å². The molecule has 4 nitrogen and oxygen atoms in total. The third kappa shape index (κ3) is 2.65. The van der Waals surface area contributed by atoms with E-state index in [0.717, 1.165) is 5.56 Å². The molecule has 2 aliphatic rings. The summed E-state index contributed by atoms with van der Waals surface area (Å²) in [5.74, 6) is -0.116. The number of rotatable bonds is 1. The molecule has 1 amide bonds. The minimum atomic E-state index is -0.541. The minimum absolute atomic E-state index is 0.174. The van der Waals surface area contributed by atoms with Crippen LogP contribution in [0.25, 0.3) is 0 Å². The Morgan fingerprint density at radius 1 is 1.18 bits per heavy atom. The Morgan fingerprint density at radius 3 is 2.50 bits per heavy atom. The lowest BCUT2D eigenvalue weighted by Gasteiger charge is -2.39. The molecule has 1 saturated heterocycles. The van der Waals surface area contributed by atoms with E-state index in [9.17, 15) is 9.59 Å². The van der Waals surface area contributed by atoms with E-state index in [1.54, 1.807) is 4.90 Å². The van der Waals surface area contributed by atoms with Crippen molar-refractivity contribution in [1.82, 2.24) is 4.90 Å². The maximum absolute atomic E-state index is 12.5. The molecule has 0 aliphatic carbocycles. The molecule has 0 saturated carbocycles. The molecule has 1 aromatic carbocycles. The van der Waals surface area contributed by atoms with Gasteiger partial charge in [0.25, 0.3) is 0 Å². The largest absolute Gasteiger partial charge is 0.444 e. The lowest BCUT2D eigenvalue weighted by atomic mass is 9.83. The summed E-state index contributed by atoms with van der Waals surface area (Å²) in [6.45, 7) is 5.55. The van der Waals surface area contributed by atoms with Crippen LogP contribution in [-0.4, -0.2) is 34.5 Å². The van der Waals surface area contributed by atoms with Gasteiger partial charge in [0.05, 0.1) is 18.0 Å². The van der Waals surface area contributed by atoms with Gasteiger partial charge in [0, 0.05) is 6.42 Å². The Balaban J connectivity index is 1.89. The van der Waals surface area contributed by atoms with Gasteiger partial charge in [-0.1, -0.05) is 42.5 Å². The van der Waals surface area contributed by atoms with E-state index in [0.29, 0.717) is 6.42 Å². The van der Waals surface area contributed by atoms with Gasteiger partial charge in [0.2, 0.25) is 0 Å². The Labute approximate surface area is 130 Å². The number of carbonyl (C=O) groups excluding carboxylic acids is 2. The highest BCUT2D eigenvalue weighted by Gasteiger charge is 2.47. The lowest BCUT2D eigenvalue weighted by Crippen LogP contribution is -2.52. The van der Waals surface area contributed by atoms with Gasteiger partial charge < -0.3 is 4.74 Å². The normalized spacial score (nSPS) is 27.1. The van der Waals surface area contributed by atoms with Crippen molar-refractivity contribution in [3.05, 3.63) is 48.0 Å². The summed E-state index contributed by atoms with van der Waals surface area (Å²) in [4.78, 5) is 26.7. The van der Waals surface area contributed by atoms with Crippen LogP contribution in [0.15, 0.2) is 42.5 Å². The molecular formula is C18H21NO3. The highest BCUT2D eigenvalue weighted by molar-refractivity contribution is 5.91. The number of Topliss-reactive ketones (excluding diaryl/α,β-unsaturated/α-hetero) is 1. The van der Waals surface area contributed by atoms with E-state index in [1.165, 1.54) is 0 Å². The van der Waals surface area contributed by atoms with Gasteiger partial charge in [-0.15, -0.1) is 0 Å². The number of fused-ring (bicyclic) bond motifs is 2. The number of ether oxygens (including phenoxy) is 1. The lowest BCUT2D eigenvalue weighted by molar-refractivity contribution is -0.124. The summed E-state index contributed by atoms with van der Waals surface area (Å²) in [7, 11) is 0. The van der Waals surface area contributed by atoms with Gasteiger partial charge in [0.1, 0.15) is 11.4 Å². The first-order valence-corrected chi connectivity index (χ1v) is 7.64. The van der Waals surface area contributed by atoms with Crippen molar-refractivity contribution in [3.63, 3.8) is 0 Å². The van der Waals surface area contributed by atoms with Gasteiger partial charge in [-0.3, -0.25) is 9.69 Å². The number of hydrogen-bond acceptors (Lipinski definition) is 3. The number of carbonyl (C=O) groups is 2. The summed E-state index contributed by atoms with van der Waals surface area (Å²) in [5, 5.41) is 0. The molecule has 0 N–H and O–H groups in total. The third-order valence-corrected chi connectivity index (χ3v) is 4.07. The number of amides is 1. The zero-order valence-corrected chi connectivity index (χ0v) is 13.2. The fourth-order valence-corrected chi connectivity index (χ4v) is 3.23. The van der Waals surface area contributed by atoms with E-state index in [-0.39, 0.29) is 29.9 Å².